The third kappa shape index (κ3) is 5.78. The number of benzene rings is 2. The number of esters is 1. The fraction of sp³-hybridized carbons (Fsp3) is 0.300. The molecule has 1 amide bonds. The van der Waals surface area contributed by atoms with E-state index in [0.29, 0.717) is 11.4 Å². The van der Waals surface area contributed by atoms with Gasteiger partial charge in [-0.15, -0.1) is 0 Å². The van der Waals surface area contributed by atoms with Gasteiger partial charge in [-0.1, -0.05) is 12.1 Å². The van der Waals surface area contributed by atoms with Crippen LogP contribution in [0.25, 0.3) is 0 Å². The number of ether oxygens (including phenoxy) is 2. The van der Waals surface area contributed by atoms with E-state index in [4.69, 9.17) is 9.47 Å². The van der Waals surface area contributed by atoms with Crippen LogP contribution in [0.4, 0.5) is 5.69 Å². The number of methoxy groups -OCH3 is 1. The SMILES string of the molecule is COc1cccc(NC(=O)COC(=O)c2cccc(S(=O)(=O)N(C)C(C)C)c2)c1. The number of hydrogen-bond acceptors (Lipinski definition) is 6. The maximum absolute atomic E-state index is 12.6. The van der Waals surface area contributed by atoms with Gasteiger partial charge in [0.15, 0.2) is 6.61 Å². The summed E-state index contributed by atoms with van der Waals surface area (Å²) in [5.41, 5.74) is 0.535. The zero-order chi connectivity index (χ0) is 21.6. The Hall–Kier alpha value is -2.91. The van der Waals surface area contributed by atoms with Crippen molar-refractivity contribution in [2.75, 3.05) is 26.1 Å². The minimum atomic E-state index is -3.74. The Morgan fingerprint density at radius 1 is 1.10 bits per heavy atom. The molecule has 0 aliphatic heterocycles. The molecule has 0 aliphatic rings. The lowest BCUT2D eigenvalue weighted by atomic mass is 10.2. The van der Waals surface area contributed by atoms with Crippen molar-refractivity contribution < 1.29 is 27.5 Å². The van der Waals surface area contributed by atoms with Crippen LogP contribution in [-0.4, -0.2) is 51.4 Å². The van der Waals surface area contributed by atoms with Crippen LogP contribution >= 0.6 is 0 Å². The van der Waals surface area contributed by atoms with Gasteiger partial charge in [0.2, 0.25) is 10.0 Å². The Morgan fingerprint density at radius 3 is 2.45 bits per heavy atom. The highest BCUT2D eigenvalue weighted by atomic mass is 32.2. The van der Waals surface area contributed by atoms with E-state index in [9.17, 15) is 18.0 Å². The van der Waals surface area contributed by atoms with Gasteiger partial charge in [-0.3, -0.25) is 4.79 Å². The number of nitrogens with one attached hydrogen (secondary N) is 1. The molecule has 0 aliphatic carbocycles. The number of rotatable bonds is 8. The van der Waals surface area contributed by atoms with Crippen LogP contribution in [-0.2, 0) is 19.6 Å². The van der Waals surface area contributed by atoms with Crippen molar-refractivity contribution in [1.82, 2.24) is 4.31 Å². The summed E-state index contributed by atoms with van der Waals surface area (Å²) < 4.78 is 36.4. The molecule has 2 aromatic rings. The minimum absolute atomic E-state index is 0.0241. The number of anilines is 1. The number of carbonyl (C=O) groups excluding carboxylic acids is 2. The molecule has 156 valence electrons. The van der Waals surface area contributed by atoms with E-state index in [1.54, 1.807) is 38.1 Å². The van der Waals surface area contributed by atoms with Crippen molar-refractivity contribution in [2.24, 2.45) is 0 Å². The lowest BCUT2D eigenvalue weighted by Crippen LogP contribution is -2.33. The summed E-state index contributed by atoms with van der Waals surface area (Å²) in [6, 6.07) is 12.0. The van der Waals surface area contributed by atoms with Gasteiger partial charge in [0.25, 0.3) is 5.91 Å². The molecule has 0 saturated carbocycles. The van der Waals surface area contributed by atoms with Crippen molar-refractivity contribution in [1.29, 1.82) is 0 Å². The summed E-state index contributed by atoms with van der Waals surface area (Å²) in [7, 11) is -0.762. The number of hydrogen-bond donors (Lipinski definition) is 1. The van der Waals surface area contributed by atoms with Crippen molar-refractivity contribution in [2.45, 2.75) is 24.8 Å². The molecule has 0 atom stereocenters. The molecule has 29 heavy (non-hydrogen) atoms. The number of nitrogens with zero attached hydrogens (tertiary/aromatic N) is 1. The quantitative estimate of drug-likeness (QED) is 0.659. The van der Waals surface area contributed by atoms with Crippen LogP contribution in [0.3, 0.4) is 0 Å². The molecule has 0 aromatic heterocycles. The van der Waals surface area contributed by atoms with Crippen molar-refractivity contribution in [3.63, 3.8) is 0 Å². The summed E-state index contributed by atoms with van der Waals surface area (Å²) >= 11 is 0. The van der Waals surface area contributed by atoms with E-state index in [2.05, 4.69) is 5.32 Å². The predicted molar refractivity (Wildman–Crippen MR) is 108 cm³/mol. The number of carbonyl (C=O) groups is 2. The molecule has 1 N–H and O–H groups in total. The number of sulfonamides is 1. The fourth-order valence-corrected chi connectivity index (χ4v) is 3.75. The van der Waals surface area contributed by atoms with Crippen LogP contribution < -0.4 is 10.1 Å². The Bertz CT molecular complexity index is 988. The van der Waals surface area contributed by atoms with Crippen LogP contribution in [0.1, 0.15) is 24.2 Å². The third-order valence-electron chi connectivity index (χ3n) is 4.16. The molecule has 2 rings (SSSR count). The highest BCUT2D eigenvalue weighted by Crippen LogP contribution is 2.19. The first-order valence-corrected chi connectivity index (χ1v) is 10.3. The molecule has 0 saturated heterocycles. The van der Waals surface area contributed by atoms with Crippen LogP contribution in [0, 0.1) is 0 Å². The first-order chi connectivity index (χ1) is 13.6. The molecule has 0 unspecified atom stereocenters. The molecule has 2 aromatic carbocycles. The summed E-state index contributed by atoms with van der Waals surface area (Å²) in [6.45, 7) is 2.98. The largest absolute Gasteiger partial charge is 0.497 e. The Morgan fingerprint density at radius 2 is 1.79 bits per heavy atom. The normalized spacial score (nSPS) is 11.4. The van der Waals surface area contributed by atoms with Gasteiger partial charge >= 0.3 is 5.97 Å². The summed E-state index contributed by atoms with van der Waals surface area (Å²) in [5, 5.41) is 2.59. The highest BCUT2D eigenvalue weighted by Gasteiger charge is 2.24. The van der Waals surface area contributed by atoms with Crippen LogP contribution in [0.5, 0.6) is 5.75 Å². The first-order valence-electron chi connectivity index (χ1n) is 8.84. The Labute approximate surface area is 170 Å². The van der Waals surface area contributed by atoms with Crippen LogP contribution in [0.2, 0.25) is 0 Å². The maximum atomic E-state index is 12.6. The molecule has 8 nitrogen and oxygen atoms in total. The summed E-state index contributed by atoms with van der Waals surface area (Å²) in [5.74, 6) is -0.755. The zero-order valence-electron chi connectivity index (χ0n) is 16.7. The molecule has 0 spiro atoms. The maximum Gasteiger partial charge on any atom is 0.338 e. The molecule has 9 heteroatoms. The topological polar surface area (TPSA) is 102 Å². The standard InChI is InChI=1S/C20H24N2O6S/c1-14(2)22(3)29(25,26)18-10-5-7-15(11-18)20(24)28-13-19(23)21-16-8-6-9-17(12-16)27-4/h5-12,14H,13H2,1-4H3,(H,21,23). The third-order valence-corrected chi connectivity index (χ3v) is 6.19. The van der Waals surface area contributed by atoms with Crippen molar-refractivity contribution >= 4 is 27.6 Å². The zero-order valence-corrected chi connectivity index (χ0v) is 17.5. The van der Waals surface area contributed by atoms with Crippen LogP contribution in [0.15, 0.2) is 53.4 Å². The van der Waals surface area contributed by atoms with E-state index in [1.807, 2.05) is 0 Å². The van der Waals surface area contributed by atoms with Gasteiger partial charge in [-0.05, 0) is 44.2 Å². The van der Waals surface area contributed by atoms with E-state index in [-0.39, 0.29) is 16.5 Å². The second kappa shape index (κ2) is 9.53. The first kappa shape index (κ1) is 22.4. The average molecular weight is 420 g/mol. The highest BCUT2D eigenvalue weighted by molar-refractivity contribution is 7.89. The van der Waals surface area contributed by atoms with Crippen molar-refractivity contribution in [3.05, 3.63) is 54.1 Å². The Balaban J connectivity index is 2.03. The summed E-state index contributed by atoms with van der Waals surface area (Å²) in [6.07, 6.45) is 0. The average Bonchev–Trinajstić information content (AvgIpc) is 2.71. The van der Waals surface area contributed by atoms with E-state index >= 15 is 0 Å². The fourth-order valence-electron chi connectivity index (χ4n) is 2.34. The van der Waals surface area contributed by atoms with Gasteiger partial charge in [0.05, 0.1) is 17.6 Å². The van der Waals surface area contributed by atoms with Gasteiger partial charge in [-0.2, -0.15) is 4.31 Å². The lowest BCUT2D eigenvalue weighted by molar-refractivity contribution is -0.119. The second-order valence-electron chi connectivity index (χ2n) is 6.50. The van der Waals surface area contributed by atoms with Gasteiger partial charge < -0.3 is 14.8 Å². The van der Waals surface area contributed by atoms with Gasteiger partial charge in [-0.25, -0.2) is 13.2 Å². The van der Waals surface area contributed by atoms with E-state index in [1.165, 1.54) is 42.7 Å². The smallest absolute Gasteiger partial charge is 0.338 e. The van der Waals surface area contributed by atoms with E-state index in [0.717, 1.165) is 0 Å². The van der Waals surface area contributed by atoms with Gasteiger partial charge in [0, 0.05) is 24.8 Å². The van der Waals surface area contributed by atoms with Gasteiger partial charge in [0.1, 0.15) is 5.75 Å². The predicted octanol–water partition coefficient (Wildman–Crippen LogP) is 2.52. The molecule has 0 heterocycles. The number of amides is 1. The molecule has 0 fully saturated rings. The molecular formula is C20H24N2O6S. The molecule has 0 radical (unpaired) electrons. The monoisotopic (exact) mass is 420 g/mol. The lowest BCUT2D eigenvalue weighted by Gasteiger charge is -2.21. The Kier molecular flexibility index (Phi) is 7.35. The van der Waals surface area contributed by atoms with Crippen molar-refractivity contribution in [3.8, 4) is 5.75 Å². The minimum Gasteiger partial charge on any atom is -0.497 e. The second-order valence-corrected chi connectivity index (χ2v) is 8.50. The molecular weight excluding hydrogens is 396 g/mol. The summed E-state index contributed by atoms with van der Waals surface area (Å²) in [4.78, 5) is 24.2. The molecule has 0 bridgehead atoms. The van der Waals surface area contributed by atoms with E-state index < -0.39 is 28.5 Å².